The van der Waals surface area contributed by atoms with Crippen molar-refractivity contribution >= 4 is 21.8 Å². The van der Waals surface area contributed by atoms with Crippen molar-refractivity contribution in [2.24, 2.45) is 0 Å². The molecule has 1 atom stereocenters. The van der Waals surface area contributed by atoms with Crippen molar-refractivity contribution in [3.63, 3.8) is 0 Å². The SMILES string of the molecule is Cc1c(Br)c(C(F)(F)F)nn1C(C)C(=O)NCCN1CCOCC1. The number of aromatic nitrogens is 2. The molecule has 136 valence electrons. The van der Waals surface area contributed by atoms with Crippen molar-refractivity contribution in [2.75, 3.05) is 39.4 Å². The second-order valence-electron chi connectivity index (χ2n) is 5.61. The zero-order valence-electron chi connectivity index (χ0n) is 13.5. The molecule has 1 aliphatic heterocycles. The van der Waals surface area contributed by atoms with E-state index >= 15 is 0 Å². The minimum absolute atomic E-state index is 0.136. The quantitative estimate of drug-likeness (QED) is 0.803. The lowest BCUT2D eigenvalue weighted by molar-refractivity contribution is -0.142. The number of amides is 1. The maximum atomic E-state index is 12.9. The van der Waals surface area contributed by atoms with Crippen LogP contribution in [0.3, 0.4) is 0 Å². The summed E-state index contributed by atoms with van der Waals surface area (Å²) in [6.07, 6.45) is -4.57. The van der Waals surface area contributed by atoms with Gasteiger partial charge in [0.15, 0.2) is 5.69 Å². The van der Waals surface area contributed by atoms with Gasteiger partial charge in [0.2, 0.25) is 5.91 Å². The molecule has 1 aromatic rings. The molecule has 1 N–H and O–H groups in total. The van der Waals surface area contributed by atoms with E-state index in [1.54, 1.807) is 0 Å². The highest BCUT2D eigenvalue weighted by atomic mass is 79.9. The second-order valence-corrected chi connectivity index (χ2v) is 6.40. The highest BCUT2D eigenvalue weighted by Crippen LogP contribution is 2.36. The fourth-order valence-electron chi connectivity index (χ4n) is 2.48. The van der Waals surface area contributed by atoms with E-state index in [2.05, 4.69) is 31.2 Å². The fourth-order valence-corrected chi connectivity index (χ4v) is 2.96. The van der Waals surface area contributed by atoms with Gasteiger partial charge in [0, 0.05) is 26.2 Å². The summed E-state index contributed by atoms with van der Waals surface area (Å²) in [4.78, 5) is 14.4. The molecule has 0 aromatic carbocycles. The van der Waals surface area contributed by atoms with Crippen LogP contribution in [-0.2, 0) is 15.7 Å². The van der Waals surface area contributed by atoms with Crippen LogP contribution < -0.4 is 5.32 Å². The lowest BCUT2D eigenvalue weighted by atomic mass is 10.3. The number of rotatable bonds is 5. The molecule has 1 aromatic heterocycles. The Balaban J connectivity index is 1.95. The molecule has 0 aliphatic carbocycles. The van der Waals surface area contributed by atoms with E-state index < -0.39 is 17.9 Å². The van der Waals surface area contributed by atoms with Crippen molar-refractivity contribution in [1.82, 2.24) is 20.0 Å². The van der Waals surface area contributed by atoms with E-state index in [1.807, 2.05) is 0 Å². The first-order chi connectivity index (χ1) is 11.2. The number of hydrogen-bond acceptors (Lipinski definition) is 4. The fraction of sp³-hybridized carbons (Fsp3) is 0.714. The summed E-state index contributed by atoms with van der Waals surface area (Å²) in [6, 6.07) is -0.831. The molecule has 2 rings (SSSR count). The molecule has 2 heterocycles. The van der Waals surface area contributed by atoms with E-state index in [0.717, 1.165) is 17.8 Å². The van der Waals surface area contributed by atoms with Gasteiger partial charge in [0.25, 0.3) is 0 Å². The van der Waals surface area contributed by atoms with E-state index in [-0.39, 0.29) is 16.1 Å². The van der Waals surface area contributed by atoms with Gasteiger partial charge in [-0.1, -0.05) is 0 Å². The number of carbonyl (C=O) groups is 1. The van der Waals surface area contributed by atoms with Crippen LogP contribution in [0.2, 0.25) is 0 Å². The Labute approximate surface area is 146 Å². The van der Waals surface area contributed by atoms with Crippen molar-refractivity contribution < 1.29 is 22.7 Å². The zero-order valence-corrected chi connectivity index (χ0v) is 15.1. The first-order valence-corrected chi connectivity index (χ1v) is 8.40. The van der Waals surface area contributed by atoms with Gasteiger partial charge >= 0.3 is 6.18 Å². The molecule has 1 amide bonds. The minimum atomic E-state index is -4.57. The molecule has 1 unspecified atom stereocenters. The van der Waals surface area contributed by atoms with Crippen molar-refractivity contribution in [3.05, 3.63) is 15.9 Å². The molecule has 0 spiro atoms. The van der Waals surface area contributed by atoms with E-state index in [1.165, 1.54) is 13.8 Å². The topological polar surface area (TPSA) is 59.4 Å². The summed E-state index contributed by atoms with van der Waals surface area (Å²) < 4.78 is 44.9. The van der Waals surface area contributed by atoms with Gasteiger partial charge in [-0.05, 0) is 29.8 Å². The number of nitrogens with one attached hydrogen (secondary N) is 1. The van der Waals surface area contributed by atoms with Crippen LogP contribution in [0.15, 0.2) is 4.47 Å². The predicted molar refractivity (Wildman–Crippen MR) is 84.6 cm³/mol. The van der Waals surface area contributed by atoms with E-state index in [9.17, 15) is 18.0 Å². The molecule has 0 bridgehead atoms. The number of halogens is 4. The normalized spacial score (nSPS) is 17.8. The Morgan fingerprint density at radius 1 is 1.42 bits per heavy atom. The first-order valence-electron chi connectivity index (χ1n) is 7.61. The number of morpholine rings is 1. The van der Waals surface area contributed by atoms with Gasteiger partial charge < -0.3 is 10.1 Å². The van der Waals surface area contributed by atoms with Crippen LogP contribution >= 0.6 is 15.9 Å². The predicted octanol–water partition coefficient (Wildman–Crippen LogP) is 1.98. The third-order valence-electron chi connectivity index (χ3n) is 3.92. The van der Waals surface area contributed by atoms with Gasteiger partial charge in [0.05, 0.1) is 23.4 Å². The van der Waals surface area contributed by atoms with Gasteiger partial charge in [0.1, 0.15) is 6.04 Å². The van der Waals surface area contributed by atoms with Crippen LogP contribution in [0.25, 0.3) is 0 Å². The molecule has 1 fully saturated rings. The third kappa shape index (κ3) is 4.48. The summed E-state index contributed by atoms with van der Waals surface area (Å²) in [5.41, 5.74) is -0.758. The maximum absolute atomic E-state index is 12.9. The average Bonchev–Trinajstić information content (AvgIpc) is 2.83. The second kappa shape index (κ2) is 7.83. The van der Waals surface area contributed by atoms with E-state index in [4.69, 9.17) is 4.74 Å². The third-order valence-corrected chi connectivity index (χ3v) is 4.87. The molecule has 1 saturated heterocycles. The number of alkyl halides is 3. The van der Waals surface area contributed by atoms with Crippen molar-refractivity contribution in [3.8, 4) is 0 Å². The summed E-state index contributed by atoms with van der Waals surface area (Å²) in [5, 5.41) is 6.30. The average molecular weight is 413 g/mol. The Hall–Kier alpha value is -1.13. The van der Waals surface area contributed by atoms with Gasteiger partial charge in [-0.2, -0.15) is 18.3 Å². The minimum Gasteiger partial charge on any atom is -0.379 e. The Morgan fingerprint density at radius 2 is 2.04 bits per heavy atom. The first kappa shape index (κ1) is 19.2. The Morgan fingerprint density at radius 3 is 2.58 bits per heavy atom. The molecule has 10 heteroatoms. The Bertz CT molecular complexity index is 585. The number of ether oxygens (including phenoxy) is 1. The van der Waals surface area contributed by atoms with Crippen LogP contribution in [0.4, 0.5) is 13.2 Å². The van der Waals surface area contributed by atoms with Crippen molar-refractivity contribution in [1.29, 1.82) is 0 Å². The van der Waals surface area contributed by atoms with Crippen LogP contribution in [0.5, 0.6) is 0 Å². The van der Waals surface area contributed by atoms with Crippen LogP contribution in [0, 0.1) is 6.92 Å². The standard InChI is InChI=1S/C14H20BrF3N4O2/c1-9-11(15)12(14(16,17)18)20-22(9)10(2)13(23)19-3-4-21-5-7-24-8-6-21/h10H,3-8H2,1-2H3,(H,19,23). The number of nitrogens with zero attached hydrogens (tertiary/aromatic N) is 3. The molecular weight excluding hydrogens is 393 g/mol. The smallest absolute Gasteiger partial charge is 0.379 e. The van der Waals surface area contributed by atoms with Gasteiger partial charge in [-0.15, -0.1) is 0 Å². The van der Waals surface area contributed by atoms with E-state index in [0.29, 0.717) is 26.3 Å². The zero-order chi connectivity index (χ0) is 17.9. The van der Waals surface area contributed by atoms with Crippen LogP contribution in [0.1, 0.15) is 24.4 Å². The molecule has 6 nitrogen and oxygen atoms in total. The summed E-state index contributed by atoms with van der Waals surface area (Å²) >= 11 is 2.91. The highest BCUT2D eigenvalue weighted by molar-refractivity contribution is 9.10. The van der Waals surface area contributed by atoms with Crippen molar-refractivity contribution in [2.45, 2.75) is 26.1 Å². The summed E-state index contributed by atoms with van der Waals surface area (Å²) in [7, 11) is 0. The van der Waals surface area contributed by atoms with Gasteiger partial charge in [-0.25, -0.2) is 0 Å². The number of carbonyl (C=O) groups excluding carboxylic acids is 1. The lowest BCUT2D eigenvalue weighted by Crippen LogP contribution is -2.42. The van der Waals surface area contributed by atoms with Gasteiger partial charge in [-0.3, -0.25) is 14.4 Å². The molecule has 24 heavy (non-hydrogen) atoms. The Kier molecular flexibility index (Phi) is 6.27. The molecular formula is C14H20BrF3N4O2. The monoisotopic (exact) mass is 412 g/mol. The maximum Gasteiger partial charge on any atom is 0.436 e. The lowest BCUT2D eigenvalue weighted by Gasteiger charge is -2.26. The van der Waals surface area contributed by atoms with Crippen LogP contribution in [-0.4, -0.2) is 60.0 Å². The molecule has 0 saturated carbocycles. The molecule has 0 radical (unpaired) electrons. The number of hydrogen-bond donors (Lipinski definition) is 1. The largest absolute Gasteiger partial charge is 0.436 e. The summed E-state index contributed by atoms with van der Waals surface area (Å²) in [6.45, 7) is 7.09. The highest BCUT2D eigenvalue weighted by Gasteiger charge is 2.38. The molecule has 1 aliphatic rings. The summed E-state index contributed by atoms with van der Waals surface area (Å²) in [5.74, 6) is -0.366.